The maximum Gasteiger partial charge on any atom is 0.141 e. The zero-order chi connectivity index (χ0) is 13.4. The Labute approximate surface area is 122 Å². The number of benzene rings is 2. The zero-order valence-corrected chi connectivity index (χ0v) is 11.9. The van der Waals surface area contributed by atoms with Gasteiger partial charge >= 0.3 is 0 Å². The summed E-state index contributed by atoms with van der Waals surface area (Å²) >= 11 is 1.87. The summed E-state index contributed by atoms with van der Waals surface area (Å²) in [5.41, 5.74) is 2.59. The summed E-state index contributed by atoms with van der Waals surface area (Å²) < 4.78 is 0. The van der Waals surface area contributed by atoms with E-state index in [0.29, 0.717) is 0 Å². The Hall–Kier alpha value is -1.94. The Balaban J connectivity index is 1.57. The molecular formula is C16H15N3S. The van der Waals surface area contributed by atoms with Gasteiger partial charge in [0.1, 0.15) is 12.5 Å². The number of thioether (sulfide) groups is 1. The number of anilines is 1. The van der Waals surface area contributed by atoms with Crippen LogP contribution in [0.2, 0.25) is 0 Å². The van der Waals surface area contributed by atoms with E-state index in [1.54, 1.807) is 0 Å². The Morgan fingerprint density at radius 2 is 1.80 bits per heavy atom. The molecule has 4 rings (SSSR count). The lowest BCUT2D eigenvalue weighted by Gasteiger charge is -2.27. The van der Waals surface area contributed by atoms with Crippen molar-refractivity contribution in [3.05, 3.63) is 60.2 Å². The topological polar surface area (TPSA) is 18.8 Å². The van der Waals surface area contributed by atoms with Gasteiger partial charge in [-0.25, -0.2) is 0 Å². The number of rotatable bonds is 2. The number of hydrazone groups is 1. The van der Waals surface area contributed by atoms with Crippen LogP contribution in [0.1, 0.15) is 5.56 Å². The van der Waals surface area contributed by atoms with Gasteiger partial charge in [-0.2, -0.15) is 5.10 Å². The second-order valence-electron chi connectivity index (χ2n) is 4.99. The number of para-hydroxylation sites is 1. The first-order chi connectivity index (χ1) is 9.90. The molecule has 4 heteroatoms. The fourth-order valence-electron chi connectivity index (χ4n) is 2.64. The van der Waals surface area contributed by atoms with Gasteiger partial charge in [-0.05, 0) is 17.7 Å². The molecule has 2 heterocycles. The molecule has 0 fully saturated rings. The van der Waals surface area contributed by atoms with Crippen LogP contribution in [0.4, 0.5) is 5.69 Å². The fraction of sp³-hybridized carbons (Fsp3) is 0.188. The van der Waals surface area contributed by atoms with Crippen molar-refractivity contribution < 1.29 is 0 Å². The Morgan fingerprint density at radius 1 is 1.00 bits per heavy atom. The zero-order valence-electron chi connectivity index (χ0n) is 11.1. The van der Waals surface area contributed by atoms with E-state index in [2.05, 4.69) is 64.5 Å². The molecule has 2 aromatic rings. The van der Waals surface area contributed by atoms with Gasteiger partial charge in [-0.15, -0.1) is 11.8 Å². The molecule has 0 unspecified atom stereocenters. The van der Waals surface area contributed by atoms with Gasteiger partial charge in [0.15, 0.2) is 0 Å². The lowest BCUT2D eigenvalue weighted by Crippen LogP contribution is -2.34. The van der Waals surface area contributed by atoms with Crippen molar-refractivity contribution in [1.29, 1.82) is 0 Å². The minimum Gasteiger partial charge on any atom is -0.307 e. The van der Waals surface area contributed by atoms with E-state index in [1.165, 1.54) is 22.0 Å². The molecule has 0 bridgehead atoms. The van der Waals surface area contributed by atoms with Gasteiger partial charge in [0.25, 0.3) is 0 Å². The predicted octanol–water partition coefficient (Wildman–Crippen LogP) is 3.39. The van der Waals surface area contributed by atoms with E-state index in [4.69, 9.17) is 5.10 Å². The molecule has 0 N–H and O–H groups in total. The summed E-state index contributed by atoms with van der Waals surface area (Å²) in [6, 6.07) is 19.1. The van der Waals surface area contributed by atoms with Crippen molar-refractivity contribution in [3.63, 3.8) is 0 Å². The Bertz CT molecular complexity index is 654. The van der Waals surface area contributed by atoms with E-state index in [0.717, 1.165) is 19.0 Å². The molecule has 100 valence electrons. The minimum atomic E-state index is 0.849. The normalized spacial score (nSPS) is 16.7. The average Bonchev–Trinajstić information content (AvgIpc) is 2.91. The number of hydrogen-bond donors (Lipinski definition) is 0. The first kappa shape index (κ1) is 11.9. The molecule has 2 aliphatic rings. The van der Waals surface area contributed by atoms with Gasteiger partial charge in [-0.3, -0.25) is 5.01 Å². The van der Waals surface area contributed by atoms with Crippen molar-refractivity contribution in [2.45, 2.75) is 11.4 Å². The van der Waals surface area contributed by atoms with E-state index in [-0.39, 0.29) is 0 Å². The molecule has 0 spiro atoms. The van der Waals surface area contributed by atoms with Crippen molar-refractivity contribution in [1.82, 2.24) is 5.01 Å². The molecular weight excluding hydrogens is 266 g/mol. The van der Waals surface area contributed by atoms with Gasteiger partial charge in [0.05, 0.1) is 18.0 Å². The first-order valence-corrected chi connectivity index (χ1v) is 7.74. The standard InChI is InChI=1S/C16H15N3S/c1-2-6-13(7-3-1)10-18-12-19-14-8-4-5-9-15(14)20-11-16(19)17-18/h1-9H,10-12H2. The third kappa shape index (κ3) is 2.06. The summed E-state index contributed by atoms with van der Waals surface area (Å²) in [4.78, 5) is 3.68. The Morgan fingerprint density at radius 3 is 2.70 bits per heavy atom. The van der Waals surface area contributed by atoms with Gasteiger partial charge < -0.3 is 4.90 Å². The highest BCUT2D eigenvalue weighted by Gasteiger charge is 2.29. The summed E-state index contributed by atoms with van der Waals surface area (Å²) in [5, 5.41) is 6.91. The van der Waals surface area contributed by atoms with Crippen LogP contribution in [-0.4, -0.2) is 23.3 Å². The highest BCUT2D eigenvalue weighted by Crippen LogP contribution is 2.37. The Kier molecular flexibility index (Phi) is 2.89. The number of nitrogens with zero attached hydrogens (tertiary/aromatic N) is 3. The van der Waals surface area contributed by atoms with Crippen molar-refractivity contribution in [3.8, 4) is 0 Å². The molecule has 0 amide bonds. The average molecular weight is 281 g/mol. The van der Waals surface area contributed by atoms with Crippen LogP contribution < -0.4 is 4.90 Å². The summed E-state index contributed by atoms with van der Waals surface area (Å²) in [6.07, 6.45) is 0. The van der Waals surface area contributed by atoms with Crippen molar-refractivity contribution >= 4 is 23.3 Å². The molecule has 2 aromatic carbocycles. The van der Waals surface area contributed by atoms with E-state index in [9.17, 15) is 0 Å². The van der Waals surface area contributed by atoms with E-state index in [1.807, 2.05) is 11.8 Å². The van der Waals surface area contributed by atoms with Gasteiger partial charge in [0.2, 0.25) is 0 Å². The third-order valence-electron chi connectivity index (χ3n) is 3.59. The van der Waals surface area contributed by atoms with Crippen LogP contribution in [0.25, 0.3) is 0 Å². The monoisotopic (exact) mass is 281 g/mol. The minimum absolute atomic E-state index is 0.849. The molecule has 0 aromatic heterocycles. The number of fused-ring (bicyclic) bond motifs is 3. The van der Waals surface area contributed by atoms with Crippen LogP contribution in [0, 0.1) is 0 Å². The summed E-state index contributed by atoms with van der Waals surface area (Å²) in [7, 11) is 0. The molecule has 20 heavy (non-hydrogen) atoms. The molecule has 0 aliphatic carbocycles. The molecule has 2 aliphatic heterocycles. The highest BCUT2D eigenvalue weighted by molar-refractivity contribution is 8.00. The third-order valence-corrected chi connectivity index (χ3v) is 4.65. The molecule has 0 saturated carbocycles. The number of amidine groups is 1. The molecule has 0 saturated heterocycles. The van der Waals surface area contributed by atoms with Crippen LogP contribution in [-0.2, 0) is 6.54 Å². The maximum atomic E-state index is 4.76. The SMILES string of the molecule is c1ccc(CN2CN3C(=N2)CSc2ccccc23)cc1. The van der Waals surface area contributed by atoms with Gasteiger partial charge in [0, 0.05) is 4.90 Å². The van der Waals surface area contributed by atoms with Gasteiger partial charge in [-0.1, -0.05) is 42.5 Å². The van der Waals surface area contributed by atoms with Crippen molar-refractivity contribution in [2.75, 3.05) is 17.3 Å². The number of hydrogen-bond acceptors (Lipinski definition) is 4. The second kappa shape index (κ2) is 4.87. The van der Waals surface area contributed by atoms with Crippen molar-refractivity contribution in [2.24, 2.45) is 5.10 Å². The van der Waals surface area contributed by atoms with Crippen LogP contribution in [0.15, 0.2) is 64.6 Å². The van der Waals surface area contributed by atoms with Crippen LogP contribution in [0.5, 0.6) is 0 Å². The fourth-order valence-corrected chi connectivity index (χ4v) is 3.64. The summed E-state index contributed by atoms with van der Waals surface area (Å²) in [5.74, 6) is 2.13. The van der Waals surface area contributed by atoms with Crippen LogP contribution in [0.3, 0.4) is 0 Å². The predicted molar refractivity (Wildman–Crippen MR) is 83.9 cm³/mol. The summed E-state index contributed by atoms with van der Waals surface area (Å²) in [6.45, 7) is 1.72. The lowest BCUT2D eigenvalue weighted by molar-refractivity contribution is 0.310. The van der Waals surface area contributed by atoms with E-state index < -0.39 is 0 Å². The molecule has 0 radical (unpaired) electrons. The first-order valence-electron chi connectivity index (χ1n) is 6.76. The molecule has 0 atom stereocenters. The lowest BCUT2D eigenvalue weighted by atomic mass is 10.2. The highest BCUT2D eigenvalue weighted by atomic mass is 32.2. The smallest absolute Gasteiger partial charge is 0.141 e. The second-order valence-corrected chi connectivity index (χ2v) is 6.01. The van der Waals surface area contributed by atoms with Crippen LogP contribution >= 0.6 is 11.8 Å². The van der Waals surface area contributed by atoms with E-state index >= 15 is 0 Å². The quantitative estimate of drug-likeness (QED) is 0.841. The maximum absolute atomic E-state index is 4.76. The largest absolute Gasteiger partial charge is 0.307 e. The molecule has 3 nitrogen and oxygen atoms in total.